The first kappa shape index (κ1) is 15.5. The minimum Gasteiger partial charge on any atom is -0.487 e. The van der Waals surface area contributed by atoms with Crippen molar-refractivity contribution in [1.82, 2.24) is 0 Å². The van der Waals surface area contributed by atoms with Crippen LogP contribution in [0.5, 0.6) is 5.75 Å². The Kier molecular flexibility index (Phi) is 3.48. The molecule has 2 aliphatic carbocycles. The predicted molar refractivity (Wildman–Crippen MR) is 98.4 cm³/mol. The smallest absolute Gasteiger partial charge is 0.339 e. The summed E-state index contributed by atoms with van der Waals surface area (Å²) in [6, 6.07) is 4.25. The number of hydrogen-bond donors (Lipinski definition) is 0. The molecule has 132 valence electrons. The fourth-order valence-electron chi connectivity index (χ4n) is 5.09. The van der Waals surface area contributed by atoms with Crippen molar-refractivity contribution >= 4 is 11.0 Å². The zero-order chi connectivity index (χ0) is 17.0. The van der Waals surface area contributed by atoms with Crippen LogP contribution in [0.25, 0.3) is 11.0 Å². The van der Waals surface area contributed by atoms with E-state index in [1.54, 1.807) is 0 Å². The van der Waals surface area contributed by atoms with Crippen molar-refractivity contribution in [3.05, 3.63) is 39.2 Å². The fraction of sp³-hybridized carbons (Fsp3) is 0.591. The quantitative estimate of drug-likeness (QED) is 0.638. The summed E-state index contributed by atoms with van der Waals surface area (Å²) in [6.07, 6.45) is 11.1. The molecule has 3 heteroatoms. The Morgan fingerprint density at radius 2 is 1.76 bits per heavy atom. The number of aryl methyl sites for hydroxylation is 2. The summed E-state index contributed by atoms with van der Waals surface area (Å²) >= 11 is 0. The van der Waals surface area contributed by atoms with Gasteiger partial charge in [-0.15, -0.1) is 0 Å². The summed E-state index contributed by atoms with van der Waals surface area (Å²) in [6.45, 7) is 2.34. The molecule has 1 aromatic carbocycles. The molecule has 25 heavy (non-hydrogen) atoms. The van der Waals surface area contributed by atoms with Gasteiger partial charge in [0.15, 0.2) is 0 Å². The van der Waals surface area contributed by atoms with E-state index in [0.717, 1.165) is 67.6 Å². The van der Waals surface area contributed by atoms with Crippen LogP contribution < -0.4 is 10.4 Å². The molecular formula is C22H26O3. The Labute approximate surface area is 148 Å². The van der Waals surface area contributed by atoms with Crippen LogP contribution in [-0.4, -0.2) is 5.60 Å². The maximum Gasteiger partial charge on any atom is 0.339 e. The number of fused-ring (bicyclic) bond motifs is 4. The first-order chi connectivity index (χ1) is 12.1. The highest BCUT2D eigenvalue weighted by atomic mass is 16.5. The standard InChI is InChI=1S/C22H26O3/c1-14-6-9-22(10-7-14)11-8-15-12-18-16-4-2-3-5-17(16)21(23)24-20(18)13-19(15)25-22/h12-14H,2-11H2,1H3. The van der Waals surface area contributed by atoms with Gasteiger partial charge in [-0.05, 0) is 87.3 Å². The minimum absolute atomic E-state index is 0.0156. The van der Waals surface area contributed by atoms with E-state index in [9.17, 15) is 4.79 Å². The van der Waals surface area contributed by atoms with Crippen LogP contribution in [0.1, 0.15) is 68.6 Å². The molecular weight excluding hydrogens is 312 g/mol. The van der Waals surface area contributed by atoms with Crippen molar-refractivity contribution in [1.29, 1.82) is 0 Å². The molecule has 1 aromatic heterocycles. The summed E-state index contributed by atoms with van der Waals surface area (Å²) in [5.74, 6) is 1.77. The first-order valence-corrected chi connectivity index (χ1v) is 9.94. The van der Waals surface area contributed by atoms with Gasteiger partial charge in [-0.3, -0.25) is 0 Å². The molecule has 0 bridgehead atoms. The molecule has 0 atom stereocenters. The Bertz CT molecular complexity index is 884. The molecule has 3 nitrogen and oxygen atoms in total. The molecule has 2 heterocycles. The highest BCUT2D eigenvalue weighted by Gasteiger charge is 2.39. The maximum absolute atomic E-state index is 12.4. The lowest BCUT2D eigenvalue weighted by atomic mass is 9.75. The van der Waals surface area contributed by atoms with Crippen molar-refractivity contribution in [2.45, 2.75) is 76.7 Å². The lowest BCUT2D eigenvalue weighted by Gasteiger charge is -2.43. The van der Waals surface area contributed by atoms with Gasteiger partial charge < -0.3 is 9.15 Å². The third-order valence-corrected chi connectivity index (χ3v) is 6.77. The highest BCUT2D eigenvalue weighted by Crippen LogP contribution is 2.44. The second kappa shape index (κ2) is 5.62. The molecule has 2 aromatic rings. The van der Waals surface area contributed by atoms with Crippen LogP contribution in [-0.2, 0) is 19.3 Å². The van der Waals surface area contributed by atoms with Gasteiger partial charge in [0.1, 0.15) is 16.9 Å². The third kappa shape index (κ3) is 2.51. The second-order valence-electron chi connectivity index (χ2n) is 8.48. The Morgan fingerprint density at radius 3 is 2.56 bits per heavy atom. The molecule has 1 saturated carbocycles. The van der Waals surface area contributed by atoms with Crippen LogP contribution in [0.15, 0.2) is 21.3 Å². The summed E-state index contributed by atoms with van der Waals surface area (Å²) in [4.78, 5) is 12.4. The predicted octanol–water partition coefficient (Wildman–Crippen LogP) is 4.95. The molecule has 5 rings (SSSR count). The van der Waals surface area contributed by atoms with Gasteiger partial charge in [-0.1, -0.05) is 6.92 Å². The third-order valence-electron chi connectivity index (χ3n) is 6.77. The minimum atomic E-state index is -0.140. The molecule has 3 aliphatic rings. The lowest BCUT2D eigenvalue weighted by Crippen LogP contribution is -2.42. The van der Waals surface area contributed by atoms with Crippen molar-refractivity contribution < 1.29 is 9.15 Å². The van der Waals surface area contributed by atoms with E-state index in [1.165, 1.54) is 30.4 Å². The van der Waals surface area contributed by atoms with Crippen molar-refractivity contribution in [2.24, 2.45) is 5.92 Å². The van der Waals surface area contributed by atoms with Gasteiger partial charge in [0, 0.05) is 17.0 Å². The number of hydrogen-bond acceptors (Lipinski definition) is 3. The lowest BCUT2D eigenvalue weighted by molar-refractivity contribution is -0.000194. The van der Waals surface area contributed by atoms with Crippen molar-refractivity contribution in [2.75, 3.05) is 0 Å². The zero-order valence-corrected chi connectivity index (χ0v) is 15.0. The van der Waals surface area contributed by atoms with Crippen molar-refractivity contribution in [3.8, 4) is 5.75 Å². The number of rotatable bonds is 0. The summed E-state index contributed by atoms with van der Waals surface area (Å²) < 4.78 is 12.2. The molecule has 1 fully saturated rings. The van der Waals surface area contributed by atoms with Gasteiger partial charge in [0.25, 0.3) is 0 Å². The number of benzene rings is 1. The van der Waals surface area contributed by atoms with Crippen LogP contribution in [0.3, 0.4) is 0 Å². The van der Waals surface area contributed by atoms with Crippen LogP contribution in [0.4, 0.5) is 0 Å². The number of ether oxygens (including phenoxy) is 1. The van der Waals surface area contributed by atoms with Gasteiger partial charge in [0.2, 0.25) is 0 Å². The van der Waals surface area contributed by atoms with E-state index >= 15 is 0 Å². The van der Waals surface area contributed by atoms with E-state index in [4.69, 9.17) is 9.15 Å². The molecule has 0 saturated heterocycles. The van der Waals surface area contributed by atoms with Crippen LogP contribution in [0.2, 0.25) is 0 Å². The van der Waals surface area contributed by atoms with Crippen LogP contribution in [0, 0.1) is 5.92 Å². The largest absolute Gasteiger partial charge is 0.487 e. The molecule has 1 spiro atoms. The highest BCUT2D eigenvalue weighted by molar-refractivity contribution is 5.84. The van der Waals surface area contributed by atoms with E-state index in [0.29, 0.717) is 5.58 Å². The van der Waals surface area contributed by atoms with E-state index in [2.05, 4.69) is 13.0 Å². The molecule has 1 aliphatic heterocycles. The summed E-state index contributed by atoms with van der Waals surface area (Å²) in [5, 5.41) is 1.14. The molecule has 0 amide bonds. The topological polar surface area (TPSA) is 39.4 Å². The Balaban J connectivity index is 1.59. The monoisotopic (exact) mass is 338 g/mol. The molecule has 0 N–H and O–H groups in total. The molecule has 0 radical (unpaired) electrons. The van der Waals surface area contributed by atoms with Gasteiger partial charge in [-0.25, -0.2) is 4.79 Å². The SMILES string of the molecule is CC1CCC2(CCc3cc4c5c(c(=O)oc4cc3O2)CCCC5)CC1. The Morgan fingerprint density at radius 1 is 1.00 bits per heavy atom. The average molecular weight is 338 g/mol. The van der Waals surface area contributed by atoms with E-state index in [-0.39, 0.29) is 11.2 Å². The van der Waals surface area contributed by atoms with Gasteiger partial charge in [-0.2, -0.15) is 0 Å². The van der Waals surface area contributed by atoms with Gasteiger partial charge >= 0.3 is 5.63 Å². The normalized spacial score (nSPS) is 28.4. The van der Waals surface area contributed by atoms with Gasteiger partial charge in [0.05, 0.1) is 0 Å². The Hall–Kier alpha value is -1.77. The van der Waals surface area contributed by atoms with Crippen molar-refractivity contribution in [3.63, 3.8) is 0 Å². The van der Waals surface area contributed by atoms with E-state index < -0.39 is 0 Å². The zero-order valence-electron chi connectivity index (χ0n) is 15.0. The molecule has 0 unspecified atom stereocenters. The maximum atomic E-state index is 12.4. The van der Waals surface area contributed by atoms with E-state index in [1.807, 2.05) is 6.07 Å². The van der Waals surface area contributed by atoms with Crippen LogP contribution >= 0.6 is 0 Å². The second-order valence-corrected chi connectivity index (χ2v) is 8.48. The average Bonchev–Trinajstić information content (AvgIpc) is 2.63. The summed E-state index contributed by atoms with van der Waals surface area (Å²) in [5.41, 5.74) is 4.02. The summed E-state index contributed by atoms with van der Waals surface area (Å²) in [7, 11) is 0. The fourth-order valence-corrected chi connectivity index (χ4v) is 5.09. The first-order valence-electron chi connectivity index (χ1n) is 9.94.